The maximum atomic E-state index is 9.62. The van der Waals surface area contributed by atoms with Crippen LogP contribution >= 0.6 is 0 Å². The zero-order chi connectivity index (χ0) is 21.0. The van der Waals surface area contributed by atoms with Crippen LogP contribution in [0.3, 0.4) is 0 Å². The van der Waals surface area contributed by atoms with Crippen molar-refractivity contribution in [3.8, 4) is 11.5 Å². The quantitative estimate of drug-likeness (QED) is 0.394. The zero-order valence-electron chi connectivity index (χ0n) is 18.8. The second kappa shape index (κ2) is 13.1. The molecule has 28 heavy (non-hydrogen) atoms. The summed E-state index contributed by atoms with van der Waals surface area (Å²) in [5.41, 5.74) is 6.93. The fourth-order valence-electron chi connectivity index (χ4n) is 3.28. The van der Waals surface area contributed by atoms with E-state index in [4.69, 9.17) is 15.2 Å². The second-order valence-corrected chi connectivity index (χ2v) is 8.83. The van der Waals surface area contributed by atoms with E-state index in [0.29, 0.717) is 0 Å². The number of hydrogen-bond acceptors (Lipinski definition) is 4. The van der Waals surface area contributed by atoms with Gasteiger partial charge in [0, 0.05) is 5.54 Å². The lowest BCUT2D eigenvalue weighted by Crippen LogP contribution is -2.48. The molecule has 162 valence electrons. The summed E-state index contributed by atoms with van der Waals surface area (Å²) in [6.07, 6.45) is 9.12. The predicted molar refractivity (Wildman–Crippen MR) is 118 cm³/mol. The fourth-order valence-corrected chi connectivity index (χ4v) is 3.28. The Kier molecular flexibility index (Phi) is 11.6. The van der Waals surface area contributed by atoms with Gasteiger partial charge in [0.1, 0.15) is 0 Å². The standard InChI is InChI=1S/C24H43NO3/c1-19(2)11-9-7-6-8-10-16-28-22-13-12-21(17-23(22)27-5)14-15-24(25,18-26)20(3)4/h12-13,17,19-20,26H,6-11,14-16,18,25H2,1-5H3. The molecule has 0 heterocycles. The van der Waals surface area contributed by atoms with Gasteiger partial charge in [0.05, 0.1) is 20.3 Å². The summed E-state index contributed by atoms with van der Waals surface area (Å²) in [5, 5.41) is 9.62. The highest BCUT2D eigenvalue weighted by Crippen LogP contribution is 2.30. The molecule has 0 saturated heterocycles. The molecule has 1 unspecified atom stereocenters. The van der Waals surface area contributed by atoms with Gasteiger partial charge in [-0.3, -0.25) is 0 Å². The lowest BCUT2D eigenvalue weighted by molar-refractivity contribution is 0.146. The molecule has 1 rings (SSSR count). The van der Waals surface area contributed by atoms with Gasteiger partial charge < -0.3 is 20.3 Å². The average molecular weight is 394 g/mol. The second-order valence-electron chi connectivity index (χ2n) is 8.83. The molecule has 1 aromatic carbocycles. The summed E-state index contributed by atoms with van der Waals surface area (Å²) >= 11 is 0. The van der Waals surface area contributed by atoms with Gasteiger partial charge >= 0.3 is 0 Å². The number of unbranched alkanes of at least 4 members (excludes halogenated alkanes) is 4. The van der Waals surface area contributed by atoms with Crippen LogP contribution in [0.5, 0.6) is 11.5 Å². The van der Waals surface area contributed by atoms with Crippen molar-refractivity contribution in [1.29, 1.82) is 0 Å². The molecule has 0 fully saturated rings. The Morgan fingerprint density at radius 1 is 1.00 bits per heavy atom. The first-order valence-electron chi connectivity index (χ1n) is 11.0. The summed E-state index contributed by atoms with van der Waals surface area (Å²) in [6.45, 7) is 9.41. The molecule has 3 N–H and O–H groups in total. The van der Waals surface area contributed by atoms with E-state index in [-0.39, 0.29) is 12.5 Å². The Morgan fingerprint density at radius 2 is 1.68 bits per heavy atom. The van der Waals surface area contributed by atoms with E-state index in [0.717, 1.165) is 48.8 Å². The molecule has 0 saturated carbocycles. The van der Waals surface area contributed by atoms with Crippen LogP contribution < -0.4 is 15.2 Å². The Morgan fingerprint density at radius 3 is 2.29 bits per heavy atom. The summed E-state index contributed by atoms with van der Waals surface area (Å²) in [6, 6.07) is 6.09. The molecule has 0 spiro atoms. The van der Waals surface area contributed by atoms with E-state index in [1.807, 2.05) is 12.1 Å². The third-order valence-corrected chi connectivity index (χ3v) is 5.73. The van der Waals surface area contributed by atoms with E-state index in [1.165, 1.54) is 32.1 Å². The summed E-state index contributed by atoms with van der Waals surface area (Å²) in [5.74, 6) is 2.61. The SMILES string of the molecule is COc1cc(CCC(N)(CO)C(C)C)ccc1OCCCCCCCC(C)C. The van der Waals surface area contributed by atoms with Crippen molar-refractivity contribution in [1.82, 2.24) is 0 Å². The van der Waals surface area contributed by atoms with Crippen LogP contribution in [0.15, 0.2) is 18.2 Å². The number of ether oxygens (including phenoxy) is 2. The van der Waals surface area contributed by atoms with Gasteiger partial charge in [-0.25, -0.2) is 0 Å². The van der Waals surface area contributed by atoms with Gasteiger partial charge in [-0.15, -0.1) is 0 Å². The van der Waals surface area contributed by atoms with E-state index in [9.17, 15) is 5.11 Å². The van der Waals surface area contributed by atoms with Crippen LogP contribution in [0, 0.1) is 11.8 Å². The minimum absolute atomic E-state index is 0.000463. The highest BCUT2D eigenvalue weighted by molar-refractivity contribution is 5.43. The Labute approximate surface area is 172 Å². The maximum absolute atomic E-state index is 9.62. The third-order valence-electron chi connectivity index (χ3n) is 5.73. The predicted octanol–water partition coefficient (Wildman–Crippen LogP) is 5.35. The first-order valence-corrected chi connectivity index (χ1v) is 11.0. The van der Waals surface area contributed by atoms with Crippen molar-refractivity contribution >= 4 is 0 Å². The molecule has 4 nitrogen and oxygen atoms in total. The van der Waals surface area contributed by atoms with Gasteiger partial charge in [-0.2, -0.15) is 0 Å². The van der Waals surface area contributed by atoms with Crippen LogP contribution in [0.2, 0.25) is 0 Å². The lowest BCUT2D eigenvalue weighted by atomic mass is 9.83. The molecule has 0 radical (unpaired) electrons. The zero-order valence-corrected chi connectivity index (χ0v) is 18.8. The largest absolute Gasteiger partial charge is 0.493 e. The van der Waals surface area contributed by atoms with Crippen molar-refractivity contribution in [2.75, 3.05) is 20.3 Å². The molecule has 4 heteroatoms. The average Bonchev–Trinajstić information content (AvgIpc) is 2.68. The van der Waals surface area contributed by atoms with Crippen LogP contribution in [0.4, 0.5) is 0 Å². The van der Waals surface area contributed by atoms with E-state index >= 15 is 0 Å². The van der Waals surface area contributed by atoms with E-state index < -0.39 is 5.54 Å². The van der Waals surface area contributed by atoms with Gasteiger partial charge in [0.25, 0.3) is 0 Å². The van der Waals surface area contributed by atoms with Gasteiger partial charge in [-0.05, 0) is 48.8 Å². The van der Waals surface area contributed by atoms with Crippen LogP contribution in [-0.2, 0) is 6.42 Å². The minimum atomic E-state index is -0.544. The number of benzene rings is 1. The number of nitrogens with two attached hydrogens (primary N) is 1. The highest BCUT2D eigenvalue weighted by Gasteiger charge is 2.27. The number of aryl methyl sites for hydroxylation is 1. The molecule has 0 aliphatic carbocycles. The lowest BCUT2D eigenvalue weighted by Gasteiger charge is -2.31. The molecule has 0 aliphatic rings. The molecular weight excluding hydrogens is 350 g/mol. The number of aliphatic hydroxyl groups is 1. The Bertz CT molecular complexity index is 545. The fraction of sp³-hybridized carbons (Fsp3) is 0.750. The van der Waals surface area contributed by atoms with Crippen molar-refractivity contribution < 1.29 is 14.6 Å². The van der Waals surface area contributed by atoms with Crippen LogP contribution in [0.1, 0.15) is 78.2 Å². The van der Waals surface area contributed by atoms with Crippen molar-refractivity contribution in [2.24, 2.45) is 17.6 Å². The molecule has 0 aromatic heterocycles. The van der Waals surface area contributed by atoms with Gasteiger partial charge in [0.15, 0.2) is 11.5 Å². The number of rotatable bonds is 15. The number of methoxy groups -OCH3 is 1. The molecule has 0 bridgehead atoms. The van der Waals surface area contributed by atoms with E-state index in [2.05, 4.69) is 33.8 Å². The Balaban J connectivity index is 2.42. The van der Waals surface area contributed by atoms with Crippen molar-refractivity contribution in [2.45, 2.75) is 84.6 Å². The summed E-state index contributed by atoms with van der Waals surface area (Å²) in [7, 11) is 1.68. The van der Waals surface area contributed by atoms with Gasteiger partial charge in [0.2, 0.25) is 0 Å². The van der Waals surface area contributed by atoms with E-state index in [1.54, 1.807) is 7.11 Å². The number of hydrogen-bond donors (Lipinski definition) is 2. The molecule has 1 atom stereocenters. The monoisotopic (exact) mass is 393 g/mol. The van der Waals surface area contributed by atoms with Crippen molar-refractivity contribution in [3.63, 3.8) is 0 Å². The van der Waals surface area contributed by atoms with Gasteiger partial charge in [-0.1, -0.05) is 65.9 Å². The molecular formula is C24H43NO3. The first-order chi connectivity index (χ1) is 13.3. The Hall–Kier alpha value is -1.26. The minimum Gasteiger partial charge on any atom is -0.493 e. The first kappa shape index (κ1) is 24.8. The molecule has 1 aromatic rings. The molecule has 0 aliphatic heterocycles. The van der Waals surface area contributed by atoms with Crippen LogP contribution in [-0.4, -0.2) is 31.0 Å². The van der Waals surface area contributed by atoms with Crippen molar-refractivity contribution in [3.05, 3.63) is 23.8 Å². The smallest absolute Gasteiger partial charge is 0.161 e. The number of aliphatic hydroxyl groups excluding tert-OH is 1. The normalized spacial score (nSPS) is 13.8. The topological polar surface area (TPSA) is 64.7 Å². The van der Waals surface area contributed by atoms with Crippen LogP contribution in [0.25, 0.3) is 0 Å². The summed E-state index contributed by atoms with van der Waals surface area (Å²) < 4.78 is 11.5. The third kappa shape index (κ3) is 8.83. The highest BCUT2D eigenvalue weighted by atomic mass is 16.5. The summed E-state index contributed by atoms with van der Waals surface area (Å²) in [4.78, 5) is 0. The maximum Gasteiger partial charge on any atom is 0.161 e. The molecule has 0 amide bonds.